The van der Waals surface area contributed by atoms with Crippen LogP contribution in [0.4, 0.5) is 5.69 Å². The van der Waals surface area contributed by atoms with E-state index < -0.39 is 0 Å². The molecule has 1 atom stereocenters. The van der Waals surface area contributed by atoms with Crippen molar-refractivity contribution in [3.8, 4) is 10.6 Å². The van der Waals surface area contributed by atoms with Gasteiger partial charge in [-0.1, -0.05) is 6.92 Å². The summed E-state index contributed by atoms with van der Waals surface area (Å²) < 4.78 is 1.17. The first-order valence-corrected chi connectivity index (χ1v) is 11.4. The summed E-state index contributed by atoms with van der Waals surface area (Å²) in [5.74, 6) is 0.551. The summed E-state index contributed by atoms with van der Waals surface area (Å²) in [6.45, 7) is 9.29. The molecule has 1 aliphatic heterocycles. The number of likely N-dealkylation sites (N-methyl/N-ethyl adjacent to an activating group) is 1. The van der Waals surface area contributed by atoms with Gasteiger partial charge < -0.3 is 5.73 Å². The second-order valence-electron chi connectivity index (χ2n) is 8.05. The quantitative estimate of drug-likeness (QED) is 0.439. The van der Waals surface area contributed by atoms with Crippen LogP contribution >= 0.6 is 22.7 Å². The number of benzene rings is 1. The Kier molecular flexibility index (Phi) is 4.19. The van der Waals surface area contributed by atoms with Gasteiger partial charge in [0, 0.05) is 39.2 Å². The van der Waals surface area contributed by atoms with Crippen LogP contribution in [-0.4, -0.2) is 33.5 Å². The van der Waals surface area contributed by atoms with E-state index in [0.717, 1.165) is 27.6 Å². The van der Waals surface area contributed by atoms with E-state index in [2.05, 4.69) is 48.9 Å². The van der Waals surface area contributed by atoms with Crippen LogP contribution in [0.2, 0.25) is 0 Å². The van der Waals surface area contributed by atoms with E-state index >= 15 is 0 Å². The van der Waals surface area contributed by atoms with Crippen LogP contribution in [-0.2, 0) is 0 Å². The minimum atomic E-state index is 0.184. The number of aromatic nitrogens is 2. The Bertz CT molecular complexity index is 1170. The van der Waals surface area contributed by atoms with Gasteiger partial charge in [0.25, 0.3) is 0 Å². The largest absolute Gasteiger partial charge is 0.399 e. The van der Waals surface area contributed by atoms with Gasteiger partial charge in [0.2, 0.25) is 0 Å². The third-order valence-corrected chi connectivity index (χ3v) is 8.40. The SMILES string of the molecule is CCN1CCC(c2cc3c(-c4nc5cc(N)ccc5s4)ccnc3s2)C1(C)C. The predicted molar refractivity (Wildman–Crippen MR) is 121 cm³/mol. The van der Waals surface area contributed by atoms with Gasteiger partial charge >= 0.3 is 0 Å². The molecular weight excluding hydrogens is 384 g/mol. The molecule has 4 nitrogen and oxygen atoms in total. The van der Waals surface area contributed by atoms with E-state index in [1.54, 1.807) is 11.3 Å². The van der Waals surface area contributed by atoms with Gasteiger partial charge in [0.1, 0.15) is 9.84 Å². The summed E-state index contributed by atoms with van der Waals surface area (Å²) in [5.41, 5.74) is 9.02. The molecule has 1 aliphatic rings. The highest BCUT2D eigenvalue weighted by molar-refractivity contribution is 7.22. The highest BCUT2D eigenvalue weighted by Crippen LogP contribution is 2.46. The summed E-state index contributed by atoms with van der Waals surface area (Å²) in [6, 6.07) is 10.4. The third kappa shape index (κ3) is 2.74. The second-order valence-corrected chi connectivity index (χ2v) is 10.1. The van der Waals surface area contributed by atoms with Crippen molar-refractivity contribution in [2.45, 2.75) is 38.6 Å². The van der Waals surface area contributed by atoms with Gasteiger partial charge in [-0.25, -0.2) is 9.97 Å². The van der Waals surface area contributed by atoms with Gasteiger partial charge in [-0.3, -0.25) is 4.90 Å². The van der Waals surface area contributed by atoms with E-state index in [1.165, 1.54) is 33.5 Å². The van der Waals surface area contributed by atoms with E-state index in [9.17, 15) is 0 Å². The summed E-state index contributed by atoms with van der Waals surface area (Å²) in [6.07, 6.45) is 3.12. The molecule has 1 aromatic carbocycles. The highest BCUT2D eigenvalue weighted by atomic mass is 32.1. The number of fused-ring (bicyclic) bond motifs is 2. The summed E-state index contributed by atoms with van der Waals surface area (Å²) >= 11 is 3.57. The Labute approximate surface area is 173 Å². The molecule has 1 fully saturated rings. The molecule has 0 saturated carbocycles. The first-order chi connectivity index (χ1) is 13.5. The average Bonchev–Trinajstić information content (AvgIpc) is 3.34. The van der Waals surface area contributed by atoms with Crippen molar-refractivity contribution in [1.29, 1.82) is 0 Å². The van der Waals surface area contributed by atoms with Gasteiger partial charge in [-0.15, -0.1) is 22.7 Å². The number of nitrogens with zero attached hydrogens (tertiary/aromatic N) is 3. The van der Waals surface area contributed by atoms with Crippen LogP contribution < -0.4 is 5.73 Å². The zero-order valence-electron chi connectivity index (χ0n) is 16.4. The first-order valence-electron chi connectivity index (χ1n) is 9.77. The van der Waals surface area contributed by atoms with Crippen molar-refractivity contribution < 1.29 is 0 Å². The van der Waals surface area contributed by atoms with Crippen LogP contribution in [0.5, 0.6) is 0 Å². The molecule has 0 aliphatic carbocycles. The summed E-state index contributed by atoms with van der Waals surface area (Å²) in [7, 11) is 0. The maximum absolute atomic E-state index is 5.94. The molecule has 2 N–H and O–H groups in total. The molecule has 0 spiro atoms. The molecular formula is C22H24N4S2. The molecule has 0 bridgehead atoms. The highest BCUT2D eigenvalue weighted by Gasteiger charge is 2.41. The number of thiazole rings is 1. The number of anilines is 1. The molecule has 0 radical (unpaired) electrons. The van der Waals surface area contributed by atoms with Crippen molar-refractivity contribution in [3.63, 3.8) is 0 Å². The lowest BCUT2D eigenvalue weighted by Gasteiger charge is -2.35. The molecule has 4 heterocycles. The zero-order chi connectivity index (χ0) is 19.5. The number of hydrogen-bond donors (Lipinski definition) is 1. The molecule has 1 unspecified atom stereocenters. The Morgan fingerprint density at radius 3 is 2.86 bits per heavy atom. The lowest BCUT2D eigenvalue weighted by atomic mass is 9.87. The zero-order valence-corrected chi connectivity index (χ0v) is 18.0. The standard InChI is InChI=1S/C22H24N4S2/c1-4-26-10-8-16(22(26,2)3)19-12-15-14(7-9-24-20(15)28-19)21-25-17-11-13(23)5-6-18(17)27-21/h5-7,9,11-12,16H,4,8,10,23H2,1-3H3. The Balaban J connectivity index is 1.61. The Morgan fingerprint density at radius 2 is 2.07 bits per heavy atom. The normalized spacial score (nSPS) is 19.8. The van der Waals surface area contributed by atoms with Crippen LogP contribution in [0.1, 0.15) is 38.0 Å². The molecule has 5 rings (SSSR count). The van der Waals surface area contributed by atoms with Crippen molar-refractivity contribution >= 4 is 48.8 Å². The fraction of sp³-hybridized carbons (Fsp3) is 0.364. The Hall–Kier alpha value is -2.02. The Morgan fingerprint density at radius 1 is 1.21 bits per heavy atom. The monoisotopic (exact) mass is 408 g/mol. The van der Waals surface area contributed by atoms with Crippen LogP contribution in [0.25, 0.3) is 31.0 Å². The van der Waals surface area contributed by atoms with Crippen molar-refractivity contribution in [3.05, 3.63) is 41.4 Å². The topological polar surface area (TPSA) is 55.0 Å². The lowest BCUT2D eigenvalue weighted by molar-refractivity contribution is 0.171. The number of nitrogens with two attached hydrogens (primary N) is 1. The molecule has 0 amide bonds. The number of thiophene rings is 1. The van der Waals surface area contributed by atoms with Gasteiger partial charge in [-0.2, -0.15) is 0 Å². The molecule has 4 aromatic rings. The molecule has 3 aromatic heterocycles. The summed E-state index contributed by atoms with van der Waals surface area (Å²) in [4.78, 5) is 14.7. The number of nitrogen functional groups attached to an aromatic ring is 1. The molecule has 28 heavy (non-hydrogen) atoms. The number of likely N-dealkylation sites (tertiary alicyclic amines) is 1. The van der Waals surface area contributed by atoms with E-state index in [-0.39, 0.29) is 5.54 Å². The maximum Gasteiger partial charge on any atom is 0.125 e. The molecule has 144 valence electrons. The van der Waals surface area contributed by atoms with E-state index in [1.807, 2.05) is 29.7 Å². The van der Waals surface area contributed by atoms with Crippen LogP contribution in [0.3, 0.4) is 0 Å². The third-order valence-electron chi connectivity index (χ3n) is 6.18. The van der Waals surface area contributed by atoms with Gasteiger partial charge in [0.15, 0.2) is 0 Å². The fourth-order valence-corrected chi connectivity index (χ4v) is 6.91. The lowest BCUT2D eigenvalue weighted by Crippen LogP contribution is -2.41. The number of hydrogen-bond acceptors (Lipinski definition) is 6. The van der Waals surface area contributed by atoms with Gasteiger partial charge in [0.05, 0.1) is 10.2 Å². The fourth-order valence-electron chi connectivity index (χ4n) is 4.58. The van der Waals surface area contributed by atoms with Crippen LogP contribution in [0, 0.1) is 0 Å². The van der Waals surface area contributed by atoms with Crippen LogP contribution in [0.15, 0.2) is 36.5 Å². The smallest absolute Gasteiger partial charge is 0.125 e. The second kappa shape index (κ2) is 6.51. The number of rotatable bonds is 3. The number of pyridine rings is 1. The minimum absolute atomic E-state index is 0.184. The van der Waals surface area contributed by atoms with E-state index in [4.69, 9.17) is 10.7 Å². The van der Waals surface area contributed by atoms with E-state index in [0.29, 0.717) is 5.92 Å². The molecule has 1 saturated heterocycles. The first kappa shape index (κ1) is 18.0. The van der Waals surface area contributed by atoms with Crippen molar-refractivity contribution in [2.75, 3.05) is 18.8 Å². The average molecular weight is 409 g/mol. The molecule has 6 heteroatoms. The van der Waals surface area contributed by atoms with Crippen molar-refractivity contribution in [2.24, 2.45) is 0 Å². The van der Waals surface area contributed by atoms with Crippen molar-refractivity contribution in [1.82, 2.24) is 14.9 Å². The van der Waals surface area contributed by atoms with Gasteiger partial charge in [-0.05, 0) is 63.7 Å². The minimum Gasteiger partial charge on any atom is -0.399 e. The summed E-state index contributed by atoms with van der Waals surface area (Å²) in [5, 5.41) is 2.26. The predicted octanol–water partition coefficient (Wildman–Crippen LogP) is 5.74. The maximum atomic E-state index is 5.94.